The number of nitriles is 1. The maximum atomic E-state index is 13.4. The van der Waals surface area contributed by atoms with Gasteiger partial charge in [0.2, 0.25) is 0 Å². The van der Waals surface area contributed by atoms with E-state index in [-0.39, 0.29) is 12.1 Å². The average molecular weight is 484 g/mol. The highest BCUT2D eigenvalue weighted by Gasteiger charge is 2.24. The Balaban J connectivity index is 1.20. The van der Waals surface area contributed by atoms with Gasteiger partial charge >= 0.3 is 0 Å². The monoisotopic (exact) mass is 483 g/mol. The molecule has 0 amide bonds. The first-order valence-corrected chi connectivity index (χ1v) is 13.3. The predicted octanol–water partition coefficient (Wildman–Crippen LogP) is 4.33. The molecule has 4 aromatic rings. The minimum absolute atomic E-state index is 0.0273. The summed E-state index contributed by atoms with van der Waals surface area (Å²) in [7, 11) is 0. The van der Waals surface area contributed by atoms with Gasteiger partial charge in [-0.3, -0.25) is 19.2 Å². The van der Waals surface area contributed by atoms with Crippen molar-refractivity contribution in [2.75, 3.05) is 26.2 Å². The summed E-state index contributed by atoms with van der Waals surface area (Å²) < 4.78 is 1.62. The number of aryl methyl sites for hydroxylation is 2. The summed E-state index contributed by atoms with van der Waals surface area (Å²) in [6, 6.07) is 17.3. The van der Waals surface area contributed by atoms with Gasteiger partial charge < -0.3 is 0 Å². The maximum Gasteiger partial charge on any atom is 0.263 e. The Hall–Kier alpha value is -3.05. The lowest BCUT2D eigenvalue weighted by molar-refractivity contribution is 0.119. The average Bonchev–Trinajstić information content (AvgIpc) is 3.26. The van der Waals surface area contributed by atoms with Gasteiger partial charge in [-0.1, -0.05) is 42.5 Å². The van der Waals surface area contributed by atoms with E-state index in [0.717, 1.165) is 68.0 Å². The molecule has 0 unspecified atom stereocenters. The van der Waals surface area contributed by atoms with E-state index in [1.807, 2.05) is 0 Å². The number of rotatable bonds is 5. The highest BCUT2D eigenvalue weighted by Crippen LogP contribution is 2.34. The lowest BCUT2D eigenvalue weighted by atomic mass is 9.97. The zero-order chi connectivity index (χ0) is 23.8. The molecule has 35 heavy (non-hydrogen) atoms. The van der Waals surface area contributed by atoms with E-state index >= 15 is 0 Å². The topological polar surface area (TPSA) is 65.2 Å². The van der Waals surface area contributed by atoms with Crippen LogP contribution in [0.4, 0.5) is 0 Å². The first kappa shape index (κ1) is 22.4. The molecular weight excluding hydrogens is 454 g/mol. The largest absolute Gasteiger partial charge is 0.297 e. The van der Waals surface area contributed by atoms with E-state index in [1.54, 1.807) is 15.9 Å². The number of nitrogens with zero attached hydrogens (tertiary/aromatic N) is 5. The van der Waals surface area contributed by atoms with Crippen LogP contribution < -0.4 is 5.56 Å². The summed E-state index contributed by atoms with van der Waals surface area (Å²) in [4.78, 5) is 25.4. The molecule has 1 aliphatic heterocycles. The van der Waals surface area contributed by atoms with Gasteiger partial charge in [-0.25, -0.2) is 4.98 Å². The van der Waals surface area contributed by atoms with Gasteiger partial charge in [0.05, 0.1) is 18.0 Å². The van der Waals surface area contributed by atoms with E-state index in [1.165, 1.54) is 33.2 Å². The summed E-state index contributed by atoms with van der Waals surface area (Å²) in [6.07, 6.45) is 4.31. The molecule has 0 radical (unpaired) electrons. The van der Waals surface area contributed by atoms with Gasteiger partial charge in [-0.05, 0) is 47.6 Å². The molecule has 1 saturated heterocycles. The first-order chi connectivity index (χ1) is 17.2. The van der Waals surface area contributed by atoms with Gasteiger partial charge in [0.25, 0.3) is 5.56 Å². The van der Waals surface area contributed by atoms with Crippen LogP contribution in [0.2, 0.25) is 0 Å². The van der Waals surface area contributed by atoms with E-state index < -0.39 is 0 Å². The van der Waals surface area contributed by atoms with Crippen LogP contribution in [0.3, 0.4) is 0 Å². The smallest absolute Gasteiger partial charge is 0.263 e. The number of benzene rings is 2. The highest BCUT2D eigenvalue weighted by atomic mass is 32.1. The van der Waals surface area contributed by atoms with Crippen molar-refractivity contribution in [3.05, 3.63) is 74.6 Å². The molecule has 0 bridgehead atoms. The molecule has 0 N–H and O–H groups in total. The summed E-state index contributed by atoms with van der Waals surface area (Å²) in [5.41, 5.74) is 2.53. The van der Waals surface area contributed by atoms with Crippen LogP contribution in [0.1, 0.15) is 34.7 Å². The lowest BCUT2D eigenvalue weighted by Crippen LogP contribution is -2.46. The van der Waals surface area contributed by atoms with Crippen molar-refractivity contribution >= 4 is 32.3 Å². The molecule has 2 aromatic heterocycles. The van der Waals surface area contributed by atoms with Gasteiger partial charge in [0, 0.05) is 37.6 Å². The van der Waals surface area contributed by atoms with E-state index in [0.29, 0.717) is 6.54 Å². The second kappa shape index (κ2) is 9.54. The molecule has 0 saturated carbocycles. The fourth-order valence-corrected chi connectivity index (χ4v) is 6.88. The van der Waals surface area contributed by atoms with Crippen LogP contribution in [-0.4, -0.2) is 45.5 Å². The fraction of sp³-hybridized carbons (Fsp3) is 0.393. The highest BCUT2D eigenvalue weighted by molar-refractivity contribution is 7.18. The quantitative estimate of drug-likeness (QED) is 0.423. The third-order valence-electron chi connectivity index (χ3n) is 7.49. The second-order valence-corrected chi connectivity index (χ2v) is 10.7. The molecule has 1 aliphatic carbocycles. The van der Waals surface area contributed by atoms with Crippen molar-refractivity contribution in [2.24, 2.45) is 0 Å². The Morgan fingerprint density at radius 3 is 2.51 bits per heavy atom. The Bertz CT molecular complexity index is 1480. The fourth-order valence-electron chi connectivity index (χ4n) is 5.61. The zero-order valence-corrected chi connectivity index (χ0v) is 20.7. The number of thiophene rings is 1. The second-order valence-electron chi connectivity index (χ2n) is 9.66. The lowest BCUT2D eigenvalue weighted by Gasteiger charge is -2.35. The minimum atomic E-state index is -0.0273. The third kappa shape index (κ3) is 4.27. The number of fused-ring (bicyclic) bond motifs is 4. The van der Waals surface area contributed by atoms with Gasteiger partial charge in [-0.15, -0.1) is 11.3 Å². The van der Waals surface area contributed by atoms with Gasteiger partial charge in [0.1, 0.15) is 17.2 Å². The van der Waals surface area contributed by atoms with E-state index in [2.05, 4.69) is 58.3 Å². The van der Waals surface area contributed by atoms with Crippen molar-refractivity contribution in [3.8, 4) is 6.07 Å². The van der Waals surface area contributed by atoms with Crippen LogP contribution in [0.25, 0.3) is 21.0 Å². The van der Waals surface area contributed by atoms with Crippen LogP contribution in [-0.2, 0) is 32.5 Å². The molecule has 1 fully saturated rings. The predicted molar refractivity (Wildman–Crippen MR) is 141 cm³/mol. The number of hydrogen-bond acceptors (Lipinski definition) is 6. The Morgan fingerprint density at radius 2 is 1.69 bits per heavy atom. The van der Waals surface area contributed by atoms with Crippen molar-refractivity contribution in [1.29, 1.82) is 5.26 Å². The maximum absolute atomic E-state index is 13.4. The minimum Gasteiger partial charge on any atom is -0.297 e. The Kier molecular flexibility index (Phi) is 6.11. The van der Waals surface area contributed by atoms with Crippen molar-refractivity contribution in [2.45, 2.75) is 45.3 Å². The molecular formula is C28H29N5OS. The van der Waals surface area contributed by atoms with Gasteiger partial charge in [-0.2, -0.15) is 5.26 Å². The summed E-state index contributed by atoms with van der Waals surface area (Å²) in [5, 5.41) is 12.8. The SMILES string of the molecule is N#CCn1c(CN2CCN(Cc3cccc4ccccc34)CC2)nc2sc3c(c2c1=O)CCCC3. The third-order valence-corrected chi connectivity index (χ3v) is 8.67. The summed E-state index contributed by atoms with van der Waals surface area (Å²) in [6.45, 7) is 5.40. The molecule has 7 heteroatoms. The number of piperazine rings is 1. The Morgan fingerprint density at radius 1 is 0.943 bits per heavy atom. The molecule has 6 rings (SSSR count). The van der Waals surface area contributed by atoms with Crippen molar-refractivity contribution < 1.29 is 0 Å². The summed E-state index contributed by atoms with van der Waals surface area (Å²) >= 11 is 1.69. The van der Waals surface area contributed by atoms with Crippen molar-refractivity contribution in [1.82, 2.24) is 19.4 Å². The molecule has 6 nitrogen and oxygen atoms in total. The molecule has 2 aliphatic rings. The molecule has 0 spiro atoms. The van der Waals surface area contributed by atoms with Crippen LogP contribution >= 0.6 is 11.3 Å². The molecule has 178 valence electrons. The number of aromatic nitrogens is 2. The number of hydrogen-bond donors (Lipinski definition) is 0. The van der Waals surface area contributed by atoms with E-state index in [4.69, 9.17) is 4.98 Å². The van der Waals surface area contributed by atoms with Gasteiger partial charge in [0.15, 0.2) is 0 Å². The van der Waals surface area contributed by atoms with Crippen LogP contribution in [0, 0.1) is 11.3 Å². The van der Waals surface area contributed by atoms with Crippen LogP contribution in [0.15, 0.2) is 47.3 Å². The van der Waals surface area contributed by atoms with E-state index in [9.17, 15) is 10.1 Å². The molecule has 0 atom stereocenters. The van der Waals surface area contributed by atoms with Crippen LogP contribution in [0.5, 0.6) is 0 Å². The molecule has 2 aromatic carbocycles. The standard InChI is InChI=1S/C28H29N5OS/c29-12-13-33-25(30-27-26(28(33)34)23-10-3-4-11-24(23)35-27)19-32-16-14-31(15-17-32)18-21-8-5-7-20-6-1-2-9-22(20)21/h1-2,5-9H,3-4,10-11,13-19H2. The molecule has 3 heterocycles. The normalized spacial score (nSPS) is 17.0. The summed E-state index contributed by atoms with van der Waals surface area (Å²) in [5.74, 6) is 0.727. The van der Waals surface area contributed by atoms with Crippen molar-refractivity contribution in [3.63, 3.8) is 0 Å². The Labute approximate surface area is 209 Å². The zero-order valence-electron chi connectivity index (χ0n) is 19.9. The first-order valence-electron chi connectivity index (χ1n) is 12.5.